The van der Waals surface area contributed by atoms with E-state index in [2.05, 4.69) is 42.8 Å². The molecule has 1 amide bonds. The molecule has 5 nitrogen and oxygen atoms in total. The zero-order valence-electron chi connectivity index (χ0n) is 16.2. The van der Waals surface area contributed by atoms with E-state index in [1.165, 1.54) is 16.7 Å². The van der Waals surface area contributed by atoms with E-state index in [0.717, 1.165) is 50.3 Å². The first-order valence-electron chi connectivity index (χ1n) is 9.56. The van der Waals surface area contributed by atoms with Gasteiger partial charge >= 0.3 is 0 Å². The van der Waals surface area contributed by atoms with Gasteiger partial charge in [0, 0.05) is 31.2 Å². The molecule has 140 valence electrons. The normalized spacial score (nSPS) is 15.5. The van der Waals surface area contributed by atoms with Crippen LogP contribution in [-0.4, -0.2) is 39.7 Å². The average molecular weight is 354 g/mol. The number of carbonyl (C=O) groups excluding carboxylic acids is 1. The molecular weight excluding hydrogens is 324 g/mol. The van der Waals surface area contributed by atoms with Gasteiger partial charge in [-0.3, -0.25) is 9.48 Å². The molecule has 0 unspecified atom stereocenters. The summed E-state index contributed by atoms with van der Waals surface area (Å²) in [4.78, 5) is 14.5. The quantitative estimate of drug-likeness (QED) is 0.898. The Bertz CT molecular complexity index is 755. The van der Waals surface area contributed by atoms with Gasteiger partial charge < -0.3 is 10.6 Å². The minimum atomic E-state index is 0.238. The van der Waals surface area contributed by atoms with Crippen LogP contribution in [0.3, 0.4) is 0 Å². The molecule has 1 fully saturated rings. The van der Waals surface area contributed by atoms with Crippen molar-refractivity contribution >= 4 is 5.91 Å². The Kier molecular flexibility index (Phi) is 5.77. The van der Waals surface area contributed by atoms with E-state index in [-0.39, 0.29) is 11.9 Å². The lowest BCUT2D eigenvalue weighted by molar-refractivity contribution is -0.132. The van der Waals surface area contributed by atoms with Crippen molar-refractivity contribution in [2.24, 2.45) is 5.73 Å². The summed E-state index contributed by atoms with van der Waals surface area (Å²) in [6.45, 7) is 8.60. The van der Waals surface area contributed by atoms with Gasteiger partial charge in [-0.2, -0.15) is 5.10 Å². The number of nitrogens with zero attached hydrogens (tertiary/aromatic N) is 3. The third kappa shape index (κ3) is 4.33. The van der Waals surface area contributed by atoms with Crippen LogP contribution in [0.25, 0.3) is 0 Å². The minimum Gasteiger partial charge on any atom is -0.343 e. The number of aromatic nitrogens is 2. The van der Waals surface area contributed by atoms with Gasteiger partial charge in [0.25, 0.3) is 0 Å². The highest BCUT2D eigenvalue weighted by Gasteiger charge is 2.21. The molecule has 0 atom stereocenters. The topological polar surface area (TPSA) is 64.2 Å². The fourth-order valence-electron chi connectivity index (χ4n) is 3.66. The van der Waals surface area contributed by atoms with Gasteiger partial charge in [0.15, 0.2) is 0 Å². The highest BCUT2D eigenvalue weighted by atomic mass is 16.2. The highest BCUT2D eigenvalue weighted by Crippen LogP contribution is 2.18. The van der Waals surface area contributed by atoms with E-state index in [1.54, 1.807) is 0 Å². The van der Waals surface area contributed by atoms with Crippen molar-refractivity contribution in [1.29, 1.82) is 0 Å². The molecule has 0 spiro atoms. The van der Waals surface area contributed by atoms with E-state index in [4.69, 9.17) is 10.8 Å². The Hall–Kier alpha value is -2.14. The Morgan fingerprint density at radius 3 is 2.46 bits per heavy atom. The Morgan fingerprint density at radius 1 is 1.15 bits per heavy atom. The molecule has 0 radical (unpaired) electrons. The zero-order valence-corrected chi connectivity index (χ0v) is 16.2. The highest BCUT2D eigenvalue weighted by molar-refractivity contribution is 5.76. The van der Waals surface area contributed by atoms with Crippen LogP contribution < -0.4 is 5.73 Å². The smallest absolute Gasteiger partial charge is 0.222 e. The van der Waals surface area contributed by atoms with Crippen molar-refractivity contribution in [2.45, 2.75) is 59.0 Å². The van der Waals surface area contributed by atoms with E-state index in [0.29, 0.717) is 6.42 Å². The first-order valence-corrected chi connectivity index (χ1v) is 9.56. The zero-order chi connectivity index (χ0) is 18.7. The molecule has 1 aliphatic heterocycles. The summed E-state index contributed by atoms with van der Waals surface area (Å²) >= 11 is 0. The summed E-state index contributed by atoms with van der Waals surface area (Å²) in [6.07, 6.45) is 3.14. The van der Waals surface area contributed by atoms with Crippen molar-refractivity contribution in [2.75, 3.05) is 13.1 Å². The molecule has 26 heavy (non-hydrogen) atoms. The van der Waals surface area contributed by atoms with Crippen LogP contribution in [0.1, 0.15) is 47.3 Å². The number of piperidine rings is 1. The Balaban J connectivity index is 1.62. The van der Waals surface area contributed by atoms with E-state index < -0.39 is 0 Å². The second-order valence-corrected chi connectivity index (χ2v) is 7.51. The molecule has 2 aromatic rings. The van der Waals surface area contributed by atoms with E-state index in [9.17, 15) is 4.79 Å². The van der Waals surface area contributed by atoms with Gasteiger partial charge in [-0.1, -0.05) is 29.8 Å². The lowest BCUT2D eigenvalue weighted by Gasteiger charge is -2.30. The molecule has 0 aliphatic carbocycles. The van der Waals surface area contributed by atoms with Crippen molar-refractivity contribution in [3.8, 4) is 0 Å². The number of hydrogen-bond donors (Lipinski definition) is 1. The fourth-order valence-corrected chi connectivity index (χ4v) is 3.66. The van der Waals surface area contributed by atoms with E-state index in [1.807, 2.05) is 11.8 Å². The Labute approximate surface area is 156 Å². The van der Waals surface area contributed by atoms with Gasteiger partial charge in [-0.15, -0.1) is 0 Å². The standard InChI is InChI=1S/C21H30N4O/c1-15-4-6-18(7-5-15)14-25-17(3)20(16(2)23-25)8-9-21(26)24-12-10-19(22)11-13-24/h4-7,19H,8-14,22H2,1-3H3. The number of benzene rings is 1. The molecule has 1 saturated heterocycles. The maximum absolute atomic E-state index is 12.5. The molecule has 0 bridgehead atoms. The number of likely N-dealkylation sites (tertiary alicyclic amines) is 1. The number of carbonyl (C=O) groups is 1. The first kappa shape index (κ1) is 18.6. The monoisotopic (exact) mass is 354 g/mol. The number of rotatable bonds is 5. The SMILES string of the molecule is Cc1ccc(Cn2nc(C)c(CCC(=O)N3CCC(N)CC3)c2C)cc1. The number of nitrogens with two attached hydrogens (primary N) is 1. The summed E-state index contributed by atoms with van der Waals surface area (Å²) in [7, 11) is 0. The lowest BCUT2D eigenvalue weighted by Crippen LogP contribution is -2.42. The molecule has 0 saturated carbocycles. The summed E-state index contributed by atoms with van der Waals surface area (Å²) in [5, 5.41) is 4.70. The number of aryl methyl sites for hydroxylation is 2. The van der Waals surface area contributed by atoms with Crippen LogP contribution in [0, 0.1) is 20.8 Å². The molecule has 5 heteroatoms. The Morgan fingerprint density at radius 2 is 1.81 bits per heavy atom. The van der Waals surface area contributed by atoms with Crippen molar-refractivity contribution in [3.63, 3.8) is 0 Å². The largest absolute Gasteiger partial charge is 0.343 e. The van der Waals surface area contributed by atoms with Crippen LogP contribution >= 0.6 is 0 Å². The summed E-state index contributed by atoms with van der Waals surface area (Å²) in [6, 6.07) is 8.81. The molecule has 1 aromatic carbocycles. The van der Waals surface area contributed by atoms with E-state index >= 15 is 0 Å². The predicted octanol–water partition coefficient (Wildman–Crippen LogP) is 2.74. The van der Waals surface area contributed by atoms with Crippen LogP contribution in [0.2, 0.25) is 0 Å². The number of amides is 1. The molecule has 1 aromatic heterocycles. The lowest BCUT2D eigenvalue weighted by atomic mass is 10.0. The van der Waals surface area contributed by atoms with Gasteiger partial charge in [-0.25, -0.2) is 0 Å². The molecule has 2 heterocycles. The third-order valence-corrected chi connectivity index (χ3v) is 5.47. The van der Waals surface area contributed by atoms with Crippen molar-refractivity contribution in [1.82, 2.24) is 14.7 Å². The molecule has 3 rings (SSSR count). The maximum Gasteiger partial charge on any atom is 0.222 e. The molecular formula is C21H30N4O. The third-order valence-electron chi connectivity index (χ3n) is 5.47. The summed E-state index contributed by atoms with van der Waals surface area (Å²) < 4.78 is 2.06. The van der Waals surface area contributed by atoms with Gasteiger partial charge in [-0.05, 0) is 51.2 Å². The summed E-state index contributed by atoms with van der Waals surface area (Å²) in [5.41, 5.74) is 11.8. The van der Waals surface area contributed by atoms with Gasteiger partial charge in [0.05, 0.1) is 12.2 Å². The predicted molar refractivity (Wildman–Crippen MR) is 104 cm³/mol. The van der Waals surface area contributed by atoms with Crippen LogP contribution in [0.4, 0.5) is 0 Å². The molecule has 2 N–H and O–H groups in total. The van der Waals surface area contributed by atoms with Gasteiger partial charge in [0.2, 0.25) is 5.91 Å². The average Bonchev–Trinajstić information content (AvgIpc) is 2.89. The van der Waals surface area contributed by atoms with Gasteiger partial charge in [0.1, 0.15) is 0 Å². The van der Waals surface area contributed by atoms with Crippen molar-refractivity contribution in [3.05, 3.63) is 52.3 Å². The van der Waals surface area contributed by atoms with Crippen molar-refractivity contribution < 1.29 is 4.79 Å². The summed E-state index contributed by atoms with van der Waals surface area (Å²) in [5.74, 6) is 0.238. The maximum atomic E-state index is 12.5. The first-order chi connectivity index (χ1) is 12.4. The van der Waals surface area contributed by atoms with Crippen LogP contribution in [0.5, 0.6) is 0 Å². The molecule has 1 aliphatic rings. The van der Waals surface area contributed by atoms with Crippen LogP contribution in [0.15, 0.2) is 24.3 Å². The fraction of sp³-hybridized carbons (Fsp3) is 0.524. The van der Waals surface area contributed by atoms with Crippen LogP contribution in [-0.2, 0) is 17.8 Å². The second-order valence-electron chi connectivity index (χ2n) is 7.51. The minimum absolute atomic E-state index is 0.238. The second kappa shape index (κ2) is 8.04. The number of hydrogen-bond acceptors (Lipinski definition) is 3.